The minimum absolute atomic E-state index is 0.0704. The monoisotopic (exact) mass is 494 g/mol. The van der Waals surface area contributed by atoms with E-state index in [0.29, 0.717) is 16.8 Å². The molecule has 13 heteroatoms. The number of benzene rings is 1. The van der Waals surface area contributed by atoms with E-state index < -0.39 is 34.8 Å². The number of hydrogen-bond acceptors (Lipinski definition) is 6. The zero-order chi connectivity index (χ0) is 24.6. The van der Waals surface area contributed by atoms with Gasteiger partial charge in [0.1, 0.15) is 17.8 Å². The fourth-order valence-electron chi connectivity index (χ4n) is 3.45. The highest BCUT2D eigenvalue weighted by atomic mass is 32.2. The standard InChI is InChI=1S/C21H18F4N6O2S/c1-12-17(18(26)32)34-20(29(12)9-14-4-7-16(27-8-14)21(23,24)25)30-11-28-31(19(30)33)10-13-2-5-15(22)6-3-13/h2-8,11,20H,9-10H2,1H3,(H2,26,32). The third-order valence-corrected chi connectivity index (χ3v) is 6.61. The number of rotatable bonds is 6. The molecule has 0 saturated heterocycles. The molecule has 0 aliphatic carbocycles. The van der Waals surface area contributed by atoms with Gasteiger partial charge in [-0.1, -0.05) is 30.0 Å². The number of pyridine rings is 1. The molecule has 178 valence electrons. The molecule has 1 unspecified atom stereocenters. The van der Waals surface area contributed by atoms with Crippen molar-refractivity contribution in [2.75, 3.05) is 0 Å². The number of nitrogens with two attached hydrogens (primary N) is 1. The Morgan fingerprint density at radius 1 is 1.12 bits per heavy atom. The van der Waals surface area contributed by atoms with E-state index in [1.807, 2.05) is 0 Å². The summed E-state index contributed by atoms with van der Waals surface area (Å²) < 4.78 is 54.1. The Morgan fingerprint density at radius 3 is 2.38 bits per heavy atom. The van der Waals surface area contributed by atoms with Crippen LogP contribution in [-0.2, 0) is 24.1 Å². The van der Waals surface area contributed by atoms with Gasteiger partial charge in [0.15, 0.2) is 5.50 Å². The van der Waals surface area contributed by atoms with Crippen LogP contribution in [0.1, 0.15) is 29.2 Å². The largest absolute Gasteiger partial charge is 0.433 e. The van der Waals surface area contributed by atoms with E-state index in [0.717, 1.165) is 24.0 Å². The fourth-order valence-corrected chi connectivity index (χ4v) is 4.68. The SMILES string of the molecule is CC1=C(C(N)=O)SC(n2cnn(Cc3ccc(F)cc3)c2=O)N1Cc1ccc(C(F)(F)F)nc1. The number of hydrogen-bond donors (Lipinski definition) is 1. The first-order valence-corrected chi connectivity index (χ1v) is 10.8. The number of aromatic nitrogens is 4. The molecule has 1 atom stereocenters. The van der Waals surface area contributed by atoms with Crippen molar-refractivity contribution in [2.45, 2.75) is 31.7 Å². The van der Waals surface area contributed by atoms with Crippen LogP contribution in [-0.4, -0.2) is 30.1 Å². The molecular formula is C21H18F4N6O2S. The summed E-state index contributed by atoms with van der Waals surface area (Å²) in [5.74, 6) is -1.09. The molecule has 1 aliphatic rings. The van der Waals surface area contributed by atoms with Crippen LogP contribution in [0.3, 0.4) is 0 Å². The van der Waals surface area contributed by atoms with Gasteiger partial charge in [-0.3, -0.25) is 14.3 Å². The van der Waals surface area contributed by atoms with Gasteiger partial charge in [-0.05, 0) is 36.2 Å². The normalized spacial score (nSPS) is 16.4. The summed E-state index contributed by atoms with van der Waals surface area (Å²) in [7, 11) is 0. The van der Waals surface area contributed by atoms with Crippen molar-refractivity contribution in [3.63, 3.8) is 0 Å². The predicted molar refractivity (Wildman–Crippen MR) is 115 cm³/mol. The average Bonchev–Trinajstić information content (AvgIpc) is 3.29. The van der Waals surface area contributed by atoms with Crippen LogP contribution in [0.15, 0.2) is 64.3 Å². The highest BCUT2D eigenvalue weighted by Gasteiger charge is 2.36. The van der Waals surface area contributed by atoms with Gasteiger partial charge >= 0.3 is 11.9 Å². The molecule has 8 nitrogen and oxygen atoms in total. The highest BCUT2D eigenvalue weighted by molar-refractivity contribution is 8.04. The lowest BCUT2D eigenvalue weighted by atomic mass is 10.2. The van der Waals surface area contributed by atoms with Gasteiger partial charge in [0.2, 0.25) is 0 Å². The topological polar surface area (TPSA) is 99.0 Å². The number of amides is 1. The molecule has 0 spiro atoms. The van der Waals surface area contributed by atoms with E-state index in [-0.39, 0.29) is 18.0 Å². The van der Waals surface area contributed by atoms with E-state index in [9.17, 15) is 27.2 Å². The molecule has 0 saturated carbocycles. The minimum atomic E-state index is -4.56. The number of primary amides is 1. The summed E-state index contributed by atoms with van der Waals surface area (Å²) in [6.07, 6.45) is -2.16. The smallest absolute Gasteiger partial charge is 0.365 e. The van der Waals surface area contributed by atoms with Gasteiger partial charge in [0.25, 0.3) is 5.91 Å². The summed E-state index contributed by atoms with van der Waals surface area (Å²) in [5, 5.41) is 4.11. The first-order valence-electron chi connectivity index (χ1n) is 9.89. The second kappa shape index (κ2) is 8.97. The maximum absolute atomic E-state index is 13.2. The maximum Gasteiger partial charge on any atom is 0.433 e. The van der Waals surface area contributed by atoms with Gasteiger partial charge in [0.05, 0.1) is 11.4 Å². The van der Waals surface area contributed by atoms with E-state index in [1.54, 1.807) is 11.8 Å². The van der Waals surface area contributed by atoms with E-state index in [2.05, 4.69) is 10.1 Å². The molecule has 1 aromatic carbocycles. The molecule has 2 N–H and O–H groups in total. The lowest BCUT2D eigenvalue weighted by Gasteiger charge is -2.27. The Labute approximate surface area is 194 Å². The Morgan fingerprint density at radius 2 is 1.79 bits per heavy atom. The average molecular weight is 494 g/mol. The minimum Gasteiger partial charge on any atom is -0.365 e. The van der Waals surface area contributed by atoms with E-state index >= 15 is 0 Å². The quantitative estimate of drug-likeness (QED) is 0.529. The summed E-state index contributed by atoms with van der Waals surface area (Å²) in [6.45, 7) is 1.81. The molecule has 34 heavy (non-hydrogen) atoms. The number of alkyl halides is 3. The number of thioether (sulfide) groups is 1. The van der Waals surface area contributed by atoms with Crippen LogP contribution >= 0.6 is 11.8 Å². The summed E-state index contributed by atoms with van der Waals surface area (Å²) in [5.41, 5.74) is 4.80. The molecule has 1 amide bonds. The molecule has 3 aromatic rings. The molecule has 0 bridgehead atoms. The van der Waals surface area contributed by atoms with Crippen molar-refractivity contribution in [2.24, 2.45) is 5.73 Å². The van der Waals surface area contributed by atoms with Crippen LogP contribution < -0.4 is 11.4 Å². The molecule has 0 fully saturated rings. The molecule has 2 aromatic heterocycles. The van der Waals surface area contributed by atoms with Crippen LogP contribution in [0.5, 0.6) is 0 Å². The highest BCUT2D eigenvalue weighted by Crippen LogP contribution is 2.44. The van der Waals surface area contributed by atoms with Crippen LogP contribution in [0.4, 0.5) is 17.6 Å². The Balaban J connectivity index is 1.62. The number of nitrogens with zero attached hydrogens (tertiary/aromatic N) is 5. The van der Waals surface area contributed by atoms with E-state index in [4.69, 9.17) is 5.73 Å². The van der Waals surface area contributed by atoms with Crippen molar-refractivity contribution in [3.05, 3.63) is 92.6 Å². The second-order valence-corrected chi connectivity index (χ2v) is 8.57. The maximum atomic E-state index is 13.2. The molecule has 1 aliphatic heterocycles. The lowest BCUT2D eigenvalue weighted by Crippen LogP contribution is -2.33. The van der Waals surface area contributed by atoms with Crippen molar-refractivity contribution >= 4 is 17.7 Å². The fraction of sp³-hybridized carbons (Fsp3) is 0.238. The summed E-state index contributed by atoms with van der Waals surface area (Å²) in [4.78, 5) is 30.3. The lowest BCUT2D eigenvalue weighted by molar-refractivity contribution is -0.141. The third kappa shape index (κ3) is 4.69. The van der Waals surface area contributed by atoms with Gasteiger partial charge in [-0.25, -0.2) is 13.9 Å². The second-order valence-electron chi connectivity index (χ2n) is 7.51. The van der Waals surface area contributed by atoms with Gasteiger partial charge < -0.3 is 10.6 Å². The van der Waals surface area contributed by atoms with Gasteiger partial charge in [0, 0.05) is 18.4 Å². The third-order valence-electron chi connectivity index (χ3n) is 5.18. The first-order chi connectivity index (χ1) is 16.0. The zero-order valence-electron chi connectivity index (χ0n) is 17.7. The zero-order valence-corrected chi connectivity index (χ0v) is 18.5. The predicted octanol–water partition coefficient (Wildman–Crippen LogP) is 3.07. The summed E-state index contributed by atoms with van der Waals surface area (Å²) >= 11 is 1.04. The summed E-state index contributed by atoms with van der Waals surface area (Å²) in [6, 6.07) is 7.77. The Hall–Kier alpha value is -3.61. The van der Waals surface area contributed by atoms with Crippen LogP contribution in [0.2, 0.25) is 0 Å². The number of carbonyl (C=O) groups excluding carboxylic acids is 1. The number of carbonyl (C=O) groups is 1. The number of allylic oxidation sites excluding steroid dienone is 1. The van der Waals surface area contributed by atoms with Crippen LogP contribution in [0, 0.1) is 5.82 Å². The van der Waals surface area contributed by atoms with Gasteiger partial charge in [-0.2, -0.15) is 18.3 Å². The number of halogens is 4. The van der Waals surface area contributed by atoms with Crippen molar-refractivity contribution < 1.29 is 22.4 Å². The van der Waals surface area contributed by atoms with Crippen molar-refractivity contribution in [3.8, 4) is 0 Å². The van der Waals surface area contributed by atoms with Crippen molar-refractivity contribution in [1.82, 2.24) is 24.2 Å². The van der Waals surface area contributed by atoms with Gasteiger partial charge in [-0.15, -0.1) is 0 Å². The molecule has 3 heterocycles. The molecular weight excluding hydrogens is 476 g/mol. The van der Waals surface area contributed by atoms with Crippen molar-refractivity contribution in [1.29, 1.82) is 0 Å². The molecule has 4 rings (SSSR count). The molecule has 0 radical (unpaired) electrons. The Bertz CT molecular complexity index is 1300. The van der Waals surface area contributed by atoms with Crippen LogP contribution in [0.25, 0.3) is 0 Å². The van der Waals surface area contributed by atoms with E-state index in [1.165, 1.54) is 45.9 Å². The first kappa shape index (κ1) is 23.5. The Kier molecular flexibility index (Phi) is 6.21.